The molecule has 118 valence electrons. The Hall–Kier alpha value is -1.27. The van der Waals surface area contributed by atoms with Crippen LogP contribution in [-0.2, 0) is 0 Å². The number of carbonyl (C=O) groups is 1. The fraction of sp³-hybridized carbons (Fsp3) is 0.667. The zero-order valence-electron chi connectivity index (χ0n) is 13.0. The summed E-state index contributed by atoms with van der Waals surface area (Å²) in [6, 6.07) is 0.406. The average Bonchev–Trinajstić information content (AvgIpc) is 2.76. The first-order chi connectivity index (χ1) is 10.0. The van der Waals surface area contributed by atoms with E-state index in [0.29, 0.717) is 28.8 Å². The molecule has 0 atom stereocenters. The molecule has 21 heavy (non-hydrogen) atoms. The topological polar surface area (TPSA) is 76.4 Å². The Balaban J connectivity index is 2.26. The van der Waals surface area contributed by atoms with Crippen LogP contribution in [0.25, 0.3) is 0 Å². The number of hydrogen-bond acceptors (Lipinski definition) is 6. The lowest BCUT2D eigenvalue weighted by Gasteiger charge is -2.24. The van der Waals surface area contributed by atoms with E-state index in [1.54, 1.807) is 0 Å². The van der Waals surface area contributed by atoms with Gasteiger partial charge in [0.25, 0.3) is 0 Å². The van der Waals surface area contributed by atoms with E-state index in [0.717, 1.165) is 30.9 Å². The van der Waals surface area contributed by atoms with Gasteiger partial charge in [0.05, 0.1) is 16.7 Å². The number of Topliss-reactive ketones (excluding diaryl/α,β-unsaturated/α-hetero) is 1. The Labute approximate surface area is 130 Å². The smallest absolute Gasteiger partial charge is 0.177 e. The number of hydrogen-bond donors (Lipinski definition) is 3. The molecule has 1 aromatic heterocycles. The molecule has 1 aromatic rings. The van der Waals surface area contributed by atoms with Crippen LogP contribution in [0.1, 0.15) is 49.7 Å². The van der Waals surface area contributed by atoms with Gasteiger partial charge >= 0.3 is 0 Å². The molecule has 0 radical (unpaired) electrons. The van der Waals surface area contributed by atoms with E-state index < -0.39 is 0 Å². The van der Waals surface area contributed by atoms with Crippen LogP contribution in [0.3, 0.4) is 0 Å². The highest BCUT2D eigenvalue weighted by Gasteiger charge is 2.24. The molecule has 6 heteroatoms. The summed E-state index contributed by atoms with van der Waals surface area (Å²) in [5.74, 6) is 0.717. The Morgan fingerprint density at radius 3 is 2.71 bits per heavy atom. The van der Waals surface area contributed by atoms with Gasteiger partial charge in [-0.2, -0.15) is 0 Å². The molecule has 0 bridgehead atoms. The Bertz CT molecular complexity index is 493. The van der Waals surface area contributed by atoms with Crippen LogP contribution in [0.15, 0.2) is 0 Å². The largest absolute Gasteiger partial charge is 0.486 e. The van der Waals surface area contributed by atoms with E-state index in [4.69, 9.17) is 10.5 Å². The van der Waals surface area contributed by atoms with Gasteiger partial charge in [0.15, 0.2) is 11.5 Å². The highest BCUT2D eigenvalue weighted by atomic mass is 32.1. The lowest BCUT2D eigenvalue weighted by atomic mass is 10.1. The van der Waals surface area contributed by atoms with Crippen molar-refractivity contribution in [3.8, 4) is 5.75 Å². The first kappa shape index (κ1) is 16.1. The SMILES string of the molecule is CCC(=O)c1sc(NC2CCNCC2)c(OC(C)C)c1N. The van der Waals surface area contributed by atoms with Gasteiger partial charge in [-0.1, -0.05) is 6.92 Å². The van der Waals surface area contributed by atoms with Crippen molar-refractivity contribution in [2.75, 3.05) is 24.1 Å². The normalized spacial score (nSPS) is 16.2. The molecular formula is C15H25N3O2S. The number of carbonyl (C=O) groups excluding carboxylic acids is 1. The van der Waals surface area contributed by atoms with Crippen LogP contribution < -0.4 is 21.1 Å². The number of nitrogens with one attached hydrogen (secondary N) is 2. The second-order valence-electron chi connectivity index (χ2n) is 5.62. The molecule has 0 aliphatic carbocycles. The van der Waals surface area contributed by atoms with Gasteiger partial charge in [-0.3, -0.25) is 4.79 Å². The highest BCUT2D eigenvalue weighted by Crippen LogP contribution is 2.44. The number of thiophene rings is 1. The molecule has 0 aromatic carbocycles. The molecule has 1 fully saturated rings. The van der Waals surface area contributed by atoms with Gasteiger partial charge < -0.3 is 21.1 Å². The molecule has 2 rings (SSSR count). The summed E-state index contributed by atoms with van der Waals surface area (Å²) in [5, 5.41) is 7.75. The fourth-order valence-electron chi connectivity index (χ4n) is 2.40. The lowest BCUT2D eigenvalue weighted by molar-refractivity contribution is 0.0992. The van der Waals surface area contributed by atoms with Gasteiger partial charge in [0.2, 0.25) is 0 Å². The molecule has 0 saturated carbocycles. The van der Waals surface area contributed by atoms with Crippen molar-refractivity contribution in [3.63, 3.8) is 0 Å². The second-order valence-corrected chi connectivity index (χ2v) is 6.64. The predicted molar refractivity (Wildman–Crippen MR) is 88.6 cm³/mol. The minimum atomic E-state index is 0.0278. The van der Waals surface area contributed by atoms with Crippen molar-refractivity contribution in [2.24, 2.45) is 0 Å². The summed E-state index contributed by atoms with van der Waals surface area (Å²) in [6.07, 6.45) is 2.62. The average molecular weight is 311 g/mol. The standard InChI is InChI=1S/C15H25N3O2S/c1-4-11(19)14-12(16)13(20-9(2)3)15(21-14)18-10-5-7-17-8-6-10/h9-10,17-18H,4-8,16H2,1-3H3. The summed E-state index contributed by atoms with van der Waals surface area (Å²) in [6.45, 7) is 7.81. The zero-order valence-corrected chi connectivity index (χ0v) is 13.8. The maximum absolute atomic E-state index is 12.0. The van der Waals surface area contributed by atoms with Crippen molar-refractivity contribution >= 4 is 27.8 Å². The third kappa shape index (κ3) is 3.89. The van der Waals surface area contributed by atoms with E-state index in [-0.39, 0.29) is 11.9 Å². The number of ketones is 1. The fourth-order valence-corrected chi connectivity index (χ4v) is 3.54. The number of piperidine rings is 1. The van der Waals surface area contributed by atoms with E-state index in [1.807, 2.05) is 20.8 Å². The molecule has 1 aliphatic heterocycles. The van der Waals surface area contributed by atoms with E-state index in [9.17, 15) is 4.79 Å². The van der Waals surface area contributed by atoms with Crippen LogP contribution in [-0.4, -0.2) is 31.0 Å². The van der Waals surface area contributed by atoms with Crippen LogP contribution in [0.5, 0.6) is 5.75 Å². The number of nitrogen functional groups attached to an aromatic ring is 1. The van der Waals surface area contributed by atoms with Gasteiger partial charge in [-0.15, -0.1) is 11.3 Å². The summed E-state index contributed by atoms with van der Waals surface area (Å²) in [4.78, 5) is 12.6. The molecule has 5 nitrogen and oxygen atoms in total. The minimum Gasteiger partial charge on any atom is -0.486 e. The molecule has 0 unspecified atom stereocenters. The van der Waals surface area contributed by atoms with Crippen LogP contribution in [0.4, 0.5) is 10.7 Å². The van der Waals surface area contributed by atoms with Crippen LogP contribution in [0.2, 0.25) is 0 Å². The van der Waals surface area contributed by atoms with Gasteiger partial charge in [-0.25, -0.2) is 0 Å². The summed E-state index contributed by atoms with van der Waals surface area (Å²) in [5.41, 5.74) is 6.63. The maximum atomic E-state index is 12.0. The molecule has 0 spiro atoms. The number of ether oxygens (including phenoxy) is 1. The quantitative estimate of drug-likeness (QED) is 0.704. The number of rotatable bonds is 6. The Morgan fingerprint density at radius 1 is 1.48 bits per heavy atom. The van der Waals surface area contributed by atoms with Crippen molar-refractivity contribution in [2.45, 2.75) is 52.2 Å². The first-order valence-electron chi connectivity index (χ1n) is 7.62. The van der Waals surface area contributed by atoms with Gasteiger partial charge in [0, 0.05) is 12.5 Å². The zero-order chi connectivity index (χ0) is 15.4. The van der Waals surface area contributed by atoms with Gasteiger partial charge in [-0.05, 0) is 39.8 Å². The van der Waals surface area contributed by atoms with Crippen molar-refractivity contribution in [3.05, 3.63) is 4.88 Å². The molecule has 1 aliphatic rings. The van der Waals surface area contributed by atoms with E-state index in [2.05, 4.69) is 10.6 Å². The Morgan fingerprint density at radius 2 is 2.14 bits per heavy atom. The minimum absolute atomic E-state index is 0.0278. The van der Waals surface area contributed by atoms with E-state index in [1.165, 1.54) is 11.3 Å². The van der Waals surface area contributed by atoms with E-state index >= 15 is 0 Å². The third-order valence-corrected chi connectivity index (χ3v) is 4.66. The monoisotopic (exact) mass is 311 g/mol. The Kier molecular flexibility index (Phi) is 5.47. The molecule has 4 N–H and O–H groups in total. The lowest BCUT2D eigenvalue weighted by Crippen LogP contribution is -2.35. The summed E-state index contributed by atoms with van der Waals surface area (Å²) >= 11 is 1.42. The second kappa shape index (κ2) is 7.13. The maximum Gasteiger partial charge on any atom is 0.177 e. The number of anilines is 2. The first-order valence-corrected chi connectivity index (χ1v) is 8.44. The molecule has 2 heterocycles. The van der Waals surface area contributed by atoms with Crippen molar-refractivity contribution in [1.82, 2.24) is 5.32 Å². The van der Waals surface area contributed by atoms with Crippen molar-refractivity contribution in [1.29, 1.82) is 0 Å². The number of nitrogens with two attached hydrogens (primary N) is 1. The summed E-state index contributed by atoms with van der Waals surface area (Å²) in [7, 11) is 0. The highest BCUT2D eigenvalue weighted by molar-refractivity contribution is 7.19. The van der Waals surface area contributed by atoms with Crippen LogP contribution >= 0.6 is 11.3 Å². The van der Waals surface area contributed by atoms with Gasteiger partial charge in [0.1, 0.15) is 5.00 Å². The molecule has 0 amide bonds. The molecule has 1 saturated heterocycles. The predicted octanol–water partition coefficient (Wildman–Crippen LogP) is 2.87. The molecular weight excluding hydrogens is 286 g/mol. The third-order valence-electron chi connectivity index (χ3n) is 3.50. The van der Waals surface area contributed by atoms with Crippen molar-refractivity contribution < 1.29 is 9.53 Å². The summed E-state index contributed by atoms with van der Waals surface area (Å²) < 4.78 is 5.85. The van der Waals surface area contributed by atoms with Crippen LogP contribution in [0, 0.1) is 0 Å².